The Bertz CT molecular complexity index is 994. The lowest BCUT2D eigenvalue weighted by Gasteiger charge is -2.10. The molecule has 0 saturated carbocycles. The van der Waals surface area contributed by atoms with Crippen LogP contribution < -0.4 is 10.1 Å². The molecule has 1 N–H and O–H groups in total. The Kier molecular flexibility index (Phi) is 6.00. The Balaban J connectivity index is 2.35. The average Bonchev–Trinajstić information content (AvgIpc) is 2.65. The highest BCUT2D eigenvalue weighted by molar-refractivity contribution is 6.10. The van der Waals surface area contributed by atoms with Crippen LogP contribution in [0.15, 0.2) is 48.0 Å². The quantitative estimate of drug-likeness (QED) is 0.356. The predicted molar refractivity (Wildman–Crippen MR) is 93.3 cm³/mol. The van der Waals surface area contributed by atoms with Gasteiger partial charge in [-0.1, -0.05) is 12.1 Å². The van der Waals surface area contributed by atoms with E-state index in [4.69, 9.17) is 4.74 Å². The van der Waals surface area contributed by atoms with E-state index in [2.05, 4.69) is 5.32 Å². The zero-order chi connectivity index (χ0) is 20.9. The molecule has 0 aliphatic carbocycles. The number of amides is 1. The number of benzene rings is 2. The fourth-order valence-corrected chi connectivity index (χ4v) is 2.22. The predicted octanol–water partition coefficient (Wildman–Crippen LogP) is 4.17. The minimum absolute atomic E-state index is 0.00691. The fourth-order valence-electron chi connectivity index (χ4n) is 2.22. The number of non-ortho nitro benzene ring substituents is 1. The Morgan fingerprint density at radius 2 is 2.00 bits per heavy atom. The van der Waals surface area contributed by atoms with Crippen molar-refractivity contribution in [3.63, 3.8) is 0 Å². The summed E-state index contributed by atoms with van der Waals surface area (Å²) >= 11 is 0. The Morgan fingerprint density at radius 3 is 2.57 bits per heavy atom. The number of ether oxygens (including phenoxy) is 1. The molecular weight excluding hydrogens is 379 g/mol. The Morgan fingerprint density at radius 1 is 1.29 bits per heavy atom. The summed E-state index contributed by atoms with van der Waals surface area (Å²) in [5.74, 6) is -0.853. The summed E-state index contributed by atoms with van der Waals surface area (Å²) < 4.78 is 43.4. The molecule has 0 aliphatic rings. The summed E-state index contributed by atoms with van der Waals surface area (Å²) in [5, 5.41) is 22.4. The highest BCUT2D eigenvalue weighted by Gasteiger charge is 2.30. The zero-order valence-corrected chi connectivity index (χ0v) is 14.3. The lowest BCUT2D eigenvalue weighted by atomic mass is 10.1. The van der Waals surface area contributed by atoms with E-state index >= 15 is 0 Å². The maximum atomic E-state index is 12.8. The van der Waals surface area contributed by atoms with E-state index < -0.39 is 28.1 Å². The van der Waals surface area contributed by atoms with Crippen molar-refractivity contribution >= 4 is 23.4 Å². The van der Waals surface area contributed by atoms with Crippen molar-refractivity contribution in [2.75, 3.05) is 12.4 Å². The van der Waals surface area contributed by atoms with Gasteiger partial charge >= 0.3 is 6.18 Å². The number of methoxy groups -OCH3 is 1. The molecule has 0 unspecified atom stereocenters. The van der Waals surface area contributed by atoms with Crippen LogP contribution in [-0.4, -0.2) is 17.9 Å². The summed E-state index contributed by atoms with van der Waals surface area (Å²) in [4.78, 5) is 22.5. The number of rotatable bonds is 5. The van der Waals surface area contributed by atoms with Crippen molar-refractivity contribution in [1.29, 1.82) is 5.26 Å². The van der Waals surface area contributed by atoms with Gasteiger partial charge in [0.2, 0.25) is 0 Å². The molecule has 0 atom stereocenters. The molecule has 2 aromatic rings. The number of anilines is 1. The summed E-state index contributed by atoms with van der Waals surface area (Å²) in [6, 6.07) is 9.15. The number of hydrogen-bond acceptors (Lipinski definition) is 5. The summed E-state index contributed by atoms with van der Waals surface area (Å²) in [7, 11) is 1.28. The van der Waals surface area contributed by atoms with Crippen LogP contribution in [-0.2, 0) is 11.0 Å². The number of nitrogens with zero attached hydrogens (tertiary/aromatic N) is 2. The normalized spacial score (nSPS) is 11.5. The number of nitro groups is 1. The van der Waals surface area contributed by atoms with Gasteiger partial charge in [-0.3, -0.25) is 14.9 Å². The zero-order valence-electron chi connectivity index (χ0n) is 14.3. The lowest BCUT2D eigenvalue weighted by Crippen LogP contribution is -2.14. The second-order valence-corrected chi connectivity index (χ2v) is 5.39. The van der Waals surface area contributed by atoms with Crippen molar-refractivity contribution in [3.05, 3.63) is 69.3 Å². The molecule has 0 aromatic heterocycles. The first-order valence-electron chi connectivity index (χ1n) is 7.58. The number of halogens is 3. The largest absolute Gasteiger partial charge is 0.495 e. The molecule has 144 valence electrons. The van der Waals surface area contributed by atoms with Crippen LogP contribution in [0.25, 0.3) is 6.08 Å². The van der Waals surface area contributed by atoms with Crippen LogP contribution in [0.2, 0.25) is 0 Å². The first kappa shape index (κ1) is 20.4. The van der Waals surface area contributed by atoms with Crippen LogP contribution in [0.3, 0.4) is 0 Å². The average molecular weight is 391 g/mol. The van der Waals surface area contributed by atoms with Crippen LogP contribution in [0, 0.1) is 21.4 Å². The molecule has 28 heavy (non-hydrogen) atoms. The van der Waals surface area contributed by atoms with Gasteiger partial charge in [-0.25, -0.2) is 0 Å². The van der Waals surface area contributed by atoms with Crippen molar-refractivity contribution in [3.8, 4) is 11.8 Å². The number of nitriles is 1. The van der Waals surface area contributed by atoms with E-state index in [1.54, 1.807) is 6.07 Å². The molecule has 0 saturated heterocycles. The van der Waals surface area contributed by atoms with Crippen molar-refractivity contribution < 1.29 is 27.6 Å². The van der Waals surface area contributed by atoms with E-state index in [1.165, 1.54) is 19.2 Å². The van der Waals surface area contributed by atoms with Crippen LogP contribution in [0.5, 0.6) is 5.75 Å². The van der Waals surface area contributed by atoms with E-state index in [1.807, 2.05) is 0 Å². The van der Waals surface area contributed by atoms with Gasteiger partial charge in [0.15, 0.2) is 0 Å². The smallest absolute Gasteiger partial charge is 0.416 e. The molecule has 0 spiro atoms. The van der Waals surface area contributed by atoms with E-state index in [-0.39, 0.29) is 22.7 Å². The monoisotopic (exact) mass is 391 g/mol. The molecule has 0 aliphatic heterocycles. The minimum atomic E-state index is -4.57. The number of carbonyl (C=O) groups is 1. The number of nitrogens with one attached hydrogen (secondary N) is 1. The van der Waals surface area contributed by atoms with Gasteiger partial charge in [0, 0.05) is 12.1 Å². The van der Waals surface area contributed by atoms with Gasteiger partial charge in [0.1, 0.15) is 17.4 Å². The third-order valence-electron chi connectivity index (χ3n) is 3.53. The summed E-state index contributed by atoms with van der Waals surface area (Å²) in [5.41, 5.74) is -1.82. The van der Waals surface area contributed by atoms with Gasteiger partial charge in [-0.05, 0) is 29.8 Å². The lowest BCUT2D eigenvalue weighted by molar-refractivity contribution is -0.384. The first-order valence-corrected chi connectivity index (χ1v) is 7.58. The molecule has 0 fully saturated rings. The molecule has 7 nitrogen and oxygen atoms in total. The van der Waals surface area contributed by atoms with E-state index in [0.717, 1.165) is 36.4 Å². The van der Waals surface area contributed by atoms with E-state index in [0.29, 0.717) is 0 Å². The summed E-state index contributed by atoms with van der Waals surface area (Å²) in [6.07, 6.45) is -3.59. The standard InChI is InChI=1S/C18H12F3N3O4/c1-28-16-6-5-14(24(26)27)9-15(16)23-17(25)12(10-22)7-11-3-2-4-13(8-11)18(19,20)21/h2-9H,1H3,(H,23,25). The second-order valence-electron chi connectivity index (χ2n) is 5.39. The Labute approximate surface area is 156 Å². The van der Waals surface area contributed by atoms with Gasteiger partial charge in [-0.2, -0.15) is 18.4 Å². The van der Waals surface area contributed by atoms with Gasteiger partial charge in [-0.15, -0.1) is 0 Å². The third-order valence-corrected chi connectivity index (χ3v) is 3.53. The second kappa shape index (κ2) is 8.22. The molecule has 0 heterocycles. The van der Waals surface area contributed by atoms with Crippen molar-refractivity contribution in [2.24, 2.45) is 0 Å². The van der Waals surface area contributed by atoms with Crippen LogP contribution in [0.1, 0.15) is 11.1 Å². The molecule has 0 bridgehead atoms. The maximum Gasteiger partial charge on any atom is 0.416 e. The maximum absolute atomic E-state index is 12.8. The molecule has 1 amide bonds. The fraction of sp³-hybridized carbons (Fsp3) is 0.111. The van der Waals surface area contributed by atoms with Gasteiger partial charge < -0.3 is 10.1 Å². The molecule has 2 aromatic carbocycles. The number of carbonyl (C=O) groups excluding carboxylic acids is 1. The van der Waals surface area contributed by atoms with Crippen LogP contribution >= 0.6 is 0 Å². The summed E-state index contributed by atoms with van der Waals surface area (Å²) in [6.45, 7) is 0. The van der Waals surface area contributed by atoms with Gasteiger partial charge in [0.25, 0.3) is 11.6 Å². The number of hydrogen-bond donors (Lipinski definition) is 1. The number of nitro benzene ring substituents is 1. The third kappa shape index (κ3) is 4.85. The highest BCUT2D eigenvalue weighted by Crippen LogP contribution is 2.31. The van der Waals surface area contributed by atoms with E-state index in [9.17, 15) is 33.3 Å². The minimum Gasteiger partial charge on any atom is -0.495 e. The van der Waals surface area contributed by atoms with Crippen molar-refractivity contribution in [1.82, 2.24) is 0 Å². The first-order chi connectivity index (χ1) is 13.2. The van der Waals surface area contributed by atoms with Gasteiger partial charge in [0.05, 0.1) is 23.3 Å². The highest BCUT2D eigenvalue weighted by atomic mass is 19.4. The molecule has 0 radical (unpaired) electrons. The molecule has 2 rings (SSSR count). The number of alkyl halides is 3. The van der Waals surface area contributed by atoms with Crippen LogP contribution in [0.4, 0.5) is 24.5 Å². The molecule has 10 heteroatoms. The topological polar surface area (TPSA) is 105 Å². The SMILES string of the molecule is COc1ccc([N+](=O)[O-])cc1NC(=O)C(C#N)=Cc1cccc(C(F)(F)F)c1. The van der Waals surface area contributed by atoms with Crippen molar-refractivity contribution in [2.45, 2.75) is 6.18 Å². The Hall–Kier alpha value is -3.87. The molecular formula is C18H12F3N3O4.